The Kier molecular flexibility index (Phi) is 5.03. The standard InChI is InChI=1S/C16H20ClNS/c1-4-18-15(16-14(17)7-8-19-16)10-13-9-11(2)5-6-12(13)3/h5-9,15,18H,4,10H2,1-3H3. The van der Waals surface area contributed by atoms with Crippen LogP contribution < -0.4 is 5.32 Å². The van der Waals surface area contributed by atoms with Gasteiger partial charge in [-0.05, 0) is 49.4 Å². The molecule has 0 aliphatic heterocycles. The van der Waals surface area contributed by atoms with Gasteiger partial charge < -0.3 is 5.32 Å². The van der Waals surface area contributed by atoms with Crippen molar-refractivity contribution in [2.24, 2.45) is 0 Å². The molecule has 1 aromatic carbocycles. The Morgan fingerprint density at radius 3 is 2.68 bits per heavy atom. The maximum atomic E-state index is 6.28. The number of thiophene rings is 1. The molecule has 102 valence electrons. The minimum atomic E-state index is 0.304. The first-order chi connectivity index (χ1) is 9.11. The van der Waals surface area contributed by atoms with E-state index in [9.17, 15) is 0 Å². The van der Waals surface area contributed by atoms with Crippen LogP contribution in [0.4, 0.5) is 0 Å². The quantitative estimate of drug-likeness (QED) is 0.826. The zero-order valence-electron chi connectivity index (χ0n) is 11.7. The fraction of sp³-hybridized carbons (Fsp3) is 0.375. The first-order valence-electron chi connectivity index (χ1n) is 6.64. The van der Waals surface area contributed by atoms with Crippen LogP contribution >= 0.6 is 22.9 Å². The predicted molar refractivity (Wildman–Crippen MR) is 85.4 cm³/mol. The lowest BCUT2D eigenvalue weighted by atomic mass is 9.98. The highest BCUT2D eigenvalue weighted by atomic mass is 35.5. The Bertz CT molecular complexity index is 547. The van der Waals surface area contributed by atoms with Gasteiger partial charge in [0.25, 0.3) is 0 Å². The summed E-state index contributed by atoms with van der Waals surface area (Å²) in [6.07, 6.45) is 0.988. The summed E-state index contributed by atoms with van der Waals surface area (Å²) >= 11 is 8.01. The third kappa shape index (κ3) is 3.59. The van der Waals surface area contributed by atoms with Crippen molar-refractivity contribution in [1.82, 2.24) is 5.32 Å². The van der Waals surface area contributed by atoms with Gasteiger partial charge in [0.05, 0.1) is 5.02 Å². The summed E-state index contributed by atoms with van der Waals surface area (Å²) in [7, 11) is 0. The van der Waals surface area contributed by atoms with Gasteiger partial charge in [-0.25, -0.2) is 0 Å². The van der Waals surface area contributed by atoms with Crippen LogP contribution in [0.1, 0.15) is 34.5 Å². The topological polar surface area (TPSA) is 12.0 Å². The van der Waals surface area contributed by atoms with E-state index in [0.29, 0.717) is 6.04 Å². The maximum Gasteiger partial charge on any atom is 0.0561 e. The second-order valence-electron chi connectivity index (χ2n) is 4.88. The van der Waals surface area contributed by atoms with Crippen molar-refractivity contribution in [1.29, 1.82) is 0 Å². The molecule has 1 aromatic heterocycles. The van der Waals surface area contributed by atoms with Gasteiger partial charge in [0.1, 0.15) is 0 Å². The number of hydrogen-bond acceptors (Lipinski definition) is 2. The number of aryl methyl sites for hydroxylation is 2. The van der Waals surface area contributed by atoms with Crippen LogP contribution in [0.3, 0.4) is 0 Å². The van der Waals surface area contributed by atoms with Gasteiger partial charge in [-0.15, -0.1) is 11.3 Å². The van der Waals surface area contributed by atoms with Gasteiger partial charge in [-0.2, -0.15) is 0 Å². The summed E-state index contributed by atoms with van der Waals surface area (Å²) in [5.41, 5.74) is 4.06. The number of rotatable bonds is 5. The molecule has 0 bridgehead atoms. The molecule has 1 heterocycles. The Morgan fingerprint density at radius 2 is 2.05 bits per heavy atom. The van der Waals surface area contributed by atoms with Crippen LogP contribution in [0.25, 0.3) is 0 Å². The average molecular weight is 294 g/mol. The van der Waals surface area contributed by atoms with E-state index in [1.54, 1.807) is 11.3 Å². The highest BCUT2D eigenvalue weighted by Crippen LogP contribution is 2.31. The fourth-order valence-corrected chi connectivity index (χ4v) is 3.56. The largest absolute Gasteiger partial charge is 0.309 e. The van der Waals surface area contributed by atoms with Crippen molar-refractivity contribution in [2.45, 2.75) is 33.2 Å². The molecule has 0 radical (unpaired) electrons. The van der Waals surface area contributed by atoms with Crippen molar-refractivity contribution in [2.75, 3.05) is 6.54 Å². The summed E-state index contributed by atoms with van der Waals surface area (Å²) in [5.74, 6) is 0. The Balaban J connectivity index is 2.26. The predicted octanol–water partition coefficient (Wildman–Crippen LogP) is 4.91. The molecule has 1 unspecified atom stereocenters. The van der Waals surface area contributed by atoms with E-state index in [4.69, 9.17) is 11.6 Å². The molecule has 0 aliphatic carbocycles. The molecule has 1 nitrogen and oxygen atoms in total. The molecule has 2 rings (SSSR count). The van der Waals surface area contributed by atoms with Crippen molar-refractivity contribution in [3.8, 4) is 0 Å². The van der Waals surface area contributed by atoms with Crippen molar-refractivity contribution >= 4 is 22.9 Å². The van der Waals surface area contributed by atoms with Crippen LogP contribution in [-0.4, -0.2) is 6.54 Å². The molecule has 0 aliphatic rings. The molecule has 0 saturated heterocycles. The van der Waals surface area contributed by atoms with Gasteiger partial charge in [-0.1, -0.05) is 42.3 Å². The fourth-order valence-electron chi connectivity index (χ4n) is 2.30. The van der Waals surface area contributed by atoms with Gasteiger partial charge in [0.2, 0.25) is 0 Å². The Morgan fingerprint density at radius 1 is 1.26 bits per heavy atom. The average Bonchev–Trinajstić information content (AvgIpc) is 2.79. The molecule has 0 amide bonds. The molecule has 1 N–H and O–H groups in total. The van der Waals surface area contributed by atoms with Crippen LogP contribution in [0.5, 0.6) is 0 Å². The first kappa shape index (κ1) is 14.6. The number of nitrogens with one attached hydrogen (secondary N) is 1. The summed E-state index contributed by atoms with van der Waals surface area (Å²) in [5, 5.41) is 6.48. The monoisotopic (exact) mass is 293 g/mol. The number of likely N-dealkylation sites (N-methyl/N-ethyl adjacent to an activating group) is 1. The van der Waals surface area contributed by atoms with Crippen LogP contribution in [-0.2, 0) is 6.42 Å². The molecular weight excluding hydrogens is 274 g/mol. The zero-order chi connectivity index (χ0) is 13.8. The minimum absolute atomic E-state index is 0.304. The molecule has 3 heteroatoms. The normalized spacial score (nSPS) is 12.6. The van der Waals surface area contributed by atoms with E-state index < -0.39 is 0 Å². The third-order valence-electron chi connectivity index (χ3n) is 3.34. The Labute approximate surface area is 124 Å². The molecular formula is C16H20ClNS. The smallest absolute Gasteiger partial charge is 0.0561 e. The van der Waals surface area contributed by atoms with E-state index in [1.165, 1.54) is 21.6 Å². The zero-order valence-corrected chi connectivity index (χ0v) is 13.2. The van der Waals surface area contributed by atoms with Crippen LogP contribution in [0.2, 0.25) is 5.02 Å². The third-order valence-corrected chi connectivity index (χ3v) is 4.81. The lowest BCUT2D eigenvalue weighted by molar-refractivity contribution is 0.557. The molecule has 1 atom stereocenters. The lowest BCUT2D eigenvalue weighted by Gasteiger charge is -2.19. The summed E-state index contributed by atoms with van der Waals surface area (Å²) in [6.45, 7) is 7.40. The second kappa shape index (κ2) is 6.56. The SMILES string of the molecule is CCNC(Cc1cc(C)ccc1C)c1sccc1Cl. The van der Waals surface area contributed by atoms with Crippen LogP contribution in [0.15, 0.2) is 29.6 Å². The van der Waals surface area contributed by atoms with Gasteiger partial charge in [0, 0.05) is 10.9 Å². The van der Waals surface area contributed by atoms with Crippen LogP contribution in [0, 0.1) is 13.8 Å². The summed E-state index contributed by atoms with van der Waals surface area (Å²) in [4.78, 5) is 1.24. The van der Waals surface area contributed by atoms with Crippen molar-refractivity contribution in [3.05, 3.63) is 56.2 Å². The number of benzene rings is 1. The molecule has 0 saturated carbocycles. The van der Waals surface area contributed by atoms with E-state index in [1.807, 2.05) is 6.07 Å². The summed E-state index contributed by atoms with van der Waals surface area (Å²) < 4.78 is 0. The maximum absolute atomic E-state index is 6.28. The molecule has 0 fully saturated rings. The van der Waals surface area contributed by atoms with Gasteiger partial charge in [-0.3, -0.25) is 0 Å². The van der Waals surface area contributed by atoms with E-state index >= 15 is 0 Å². The first-order valence-corrected chi connectivity index (χ1v) is 7.90. The number of halogens is 1. The lowest BCUT2D eigenvalue weighted by Crippen LogP contribution is -2.22. The minimum Gasteiger partial charge on any atom is -0.309 e. The van der Waals surface area contributed by atoms with Crippen molar-refractivity contribution in [3.63, 3.8) is 0 Å². The Hall–Kier alpha value is -0.830. The highest BCUT2D eigenvalue weighted by Gasteiger charge is 2.16. The summed E-state index contributed by atoms with van der Waals surface area (Å²) in [6, 6.07) is 8.93. The van der Waals surface area contributed by atoms with E-state index in [-0.39, 0.29) is 0 Å². The van der Waals surface area contributed by atoms with E-state index in [2.05, 4.69) is 49.7 Å². The van der Waals surface area contributed by atoms with E-state index in [0.717, 1.165) is 18.0 Å². The van der Waals surface area contributed by atoms with Gasteiger partial charge >= 0.3 is 0 Å². The highest BCUT2D eigenvalue weighted by molar-refractivity contribution is 7.10. The molecule has 0 spiro atoms. The number of hydrogen-bond donors (Lipinski definition) is 1. The molecule has 2 aromatic rings. The second-order valence-corrected chi connectivity index (χ2v) is 6.23. The van der Waals surface area contributed by atoms with Gasteiger partial charge in [0.15, 0.2) is 0 Å². The van der Waals surface area contributed by atoms with Crippen molar-refractivity contribution < 1.29 is 0 Å². The molecule has 19 heavy (non-hydrogen) atoms.